The zero-order valence-corrected chi connectivity index (χ0v) is 12.2. The summed E-state index contributed by atoms with van der Waals surface area (Å²) in [4.78, 5) is 33.9. The molecule has 2 atom stereocenters. The van der Waals surface area contributed by atoms with Crippen molar-refractivity contribution in [3.05, 3.63) is 0 Å². The Bertz CT molecular complexity index is 340. The number of hydrogen-bond acceptors (Lipinski definition) is 3. The minimum atomic E-state index is -0.959. The first-order valence-corrected chi connectivity index (χ1v) is 6.44. The smallest absolute Gasteiger partial charge is 0.305 e. The third-order valence-corrected chi connectivity index (χ3v) is 2.83. The van der Waals surface area contributed by atoms with Gasteiger partial charge in [-0.05, 0) is 11.8 Å². The highest BCUT2D eigenvalue weighted by molar-refractivity contribution is 5.87. The molecule has 110 valence electrons. The summed E-state index contributed by atoms with van der Waals surface area (Å²) in [5.41, 5.74) is 0. The van der Waals surface area contributed by atoms with E-state index in [1.165, 1.54) is 6.92 Å². The van der Waals surface area contributed by atoms with Crippen molar-refractivity contribution in [3.63, 3.8) is 0 Å². The topological polar surface area (TPSA) is 95.5 Å². The van der Waals surface area contributed by atoms with E-state index in [2.05, 4.69) is 10.6 Å². The van der Waals surface area contributed by atoms with Crippen molar-refractivity contribution < 1.29 is 19.5 Å². The van der Waals surface area contributed by atoms with E-state index in [0.717, 1.165) is 0 Å². The number of rotatable bonds is 7. The SMILES string of the molecule is CC(=O)NC(C(=O)NC(CC(=O)O)C(C)C)C(C)C. The molecular weight excluding hydrogens is 248 g/mol. The first-order chi connectivity index (χ1) is 8.65. The van der Waals surface area contributed by atoms with E-state index < -0.39 is 18.1 Å². The predicted octanol–water partition coefficient (Wildman–Crippen LogP) is 0.763. The van der Waals surface area contributed by atoms with Crippen LogP contribution in [0.2, 0.25) is 0 Å². The summed E-state index contributed by atoms with van der Waals surface area (Å²) in [6.07, 6.45) is -0.131. The van der Waals surface area contributed by atoms with Crippen molar-refractivity contribution in [2.75, 3.05) is 0 Å². The number of nitrogens with one attached hydrogen (secondary N) is 2. The lowest BCUT2D eigenvalue weighted by molar-refractivity contribution is -0.138. The highest BCUT2D eigenvalue weighted by Gasteiger charge is 2.27. The van der Waals surface area contributed by atoms with Gasteiger partial charge in [0, 0.05) is 13.0 Å². The Kier molecular flexibility index (Phi) is 7.11. The van der Waals surface area contributed by atoms with Gasteiger partial charge in [-0.3, -0.25) is 14.4 Å². The van der Waals surface area contributed by atoms with Crippen LogP contribution in [0.1, 0.15) is 41.0 Å². The molecule has 6 heteroatoms. The standard InChI is InChI=1S/C13H24N2O4/c1-7(2)10(6-11(17)18)15-13(19)12(8(3)4)14-9(5)16/h7-8,10,12H,6H2,1-5H3,(H,14,16)(H,15,19)(H,17,18). The minimum absolute atomic E-state index is 0.00481. The molecule has 0 heterocycles. The number of amides is 2. The van der Waals surface area contributed by atoms with E-state index in [-0.39, 0.29) is 30.1 Å². The van der Waals surface area contributed by atoms with Crippen LogP contribution in [0.4, 0.5) is 0 Å². The predicted molar refractivity (Wildman–Crippen MR) is 71.5 cm³/mol. The van der Waals surface area contributed by atoms with Gasteiger partial charge >= 0.3 is 5.97 Å². The molecule has 2 unspecified atom stereocenters. The highest BCUT2D eigenvalue weighted by atomic mass is 16.4. The Morgan fingerprint density at radius 1 is 1.00 bits per heavy atom. The van der Waals surface area contributed by atoms with Crippen LogP contribution in [0.25, 0.3) is 0 Å². The van der Waals surface area contributed by atoms with Crippen molar-refractivity contribution in [3.8, 4) is 0 Å². The molecule has 0 aromatic carbocycles. The molecule has 0 spiro atoms. The second-order valence-electron chi connectivity index (χ2n) is 5.38. The maximum absolute atomic E-state index is 12.1. The van der Waals surface area contributed by atoms with Gasteiger partial charge in [-0.25, -0.2) is 0 Å². The van der Waals surface area contributed by atoms with Crippen molar-refractivity contribution in [1.82, 2.24) is 10.6 Å². The average molecular weight is 272 g/mol. The third-order valence-electron chi connectivity index (χ3n) is 2.83. The maximum Gasteiger partial charge on any atom is 0.305 e. The van der Waals surface area contributed by atoms with Gasteiger partial charge in [0.2, 0.25) is 11.8 Å². The van der Waals surface area contributed by atoms with Gasteiger partial charge in [0.25, 0.3) is 0 Å². The summed E-state index contributed by atoms with van der Waals surface area (Å²) < 4.78 is 0. The van der Waals surface area contributed by atoms with Crippen LogP contribution in [0, 0.1) is 11.8 Å². The van der Waals surface area contributed by atoms with E-state index in [0.29, 0.717) is 0 Å². The molecule has 0 fully saturated rings. The second-order valence-corrected chi connectivity index (χ2v) is 5.38. The molecule has 0 aromatic rings. The molecule has 0 aliphatic heterocycles. The molecule has 0 saturated heterocycles. The van der Waals surface area contributed by atoms with Gasteiger partial charge in [-0.2, -0.15) is 0 Å². The number of carboxylic acids is 1. The summed E-state index contributed by atoms with van der Waals surface area (Å²) in [5, 5.41) is 14.1. The molecule has 2 amide bonds. The first-order valence-electron chi connectivity index (χ1n) is 6.44. The van der Waals surface area contributed by atoms with Gasteiger partial charge in [-0.15, -0.1) is 0 Å². The van der Waals surface area contributed by atoms with Crippen LogP contribution in [0.5, 0.6) is 0 Å². The Labute approximate surface area is 113 Å². The Morgan fingerprint density at radius 3 is 1.84 bits per heavy atom. The summed E-state index contributed by atoms with van der Waals surface area (Å²) in [5.74, 6) is -1.65. The fraction of sp³-hybridized carbons (Fsp3) is 0.769. The summed E-state index contributed by atoms with van der Waals surface area (Å²) in [7, 11) is 0. The average Bonchev–Trinajstić information content (AvgIpc) is 2.23. The molecule has 19 heavy (non-hydrogen) atoms. The monoisotopic (exact) mass is 272 g/mol. The molecular formula is C13H24N2O4. The fourth-order valence-corrected chi connectivity index (χ4v) is 1.67. The molecule has 0 aliphatic rings. The van der Waals surface area contributed by atoms with E-state index in [1.54, 1.807) is 0 Å². The highest BCUT2D eigenvalue weighted by Crippen LogP contribution is 2.09. The van der Waals surface area contributed by atoms with Crippen LogP contribution in [0.15, 0.2) is 0 Å². The van der Waals surface area contributed by atoms with E-state index in [9.17, 15) is 14.4 Å². The molecule has 6 nitrogen and oxygen atoms in total. The maximum atomic E-state index is 12.1. The van der Waals surface area contributed by atoms with Gasteiger partial charge in [0.1, 0.15) is 6.04 Å². The lowest BCUT2D eigenvalue weighted by atomic mass is 9.98. The molecule has 0 bridgehead atoms. The Hall–Kier alpha value is -1.59. The molecule has 0 rings (SSSR count). The van der Waals surface area contributed by atoms with Crippen LogP contribution in [-0.4, -0.2) is 35.0 Å². The zero-order valence-electron chi connectivity index (χ0n) is 12.2. The number of aliphatic carboxylic acids is 1. The van der Waals surface area contributed by atoms with E-state index in [1.807, 2.05) is 27.7 Å². The largest absolute Gasteiger partial charge is 0.481 e. The van der Waals surface area contributed by atoms with Gasteiger partial charge < -0.3 is 15.7 Å². The minimum Gasteiger partial charge on any atom is -0.481 e. The normalized spacial score (nSPS) is 14.1. The summed E-state index contributed by atoms with van der Waals surface area (Å²) in [6.45, 7) is 8.68. The second kappa shape index (κ2) is 7.76. The Balaban J connectivity index is 4.75. The van der Waals surface area contributed by atoms with Crippen molar-refractivity contribution >= 4 is 17.8 Å². The van der Waals surface area contributed by atoms with Crippen molar-refractivity contribution in [2.45, 2.75) is 53.1 Å². The molecule has 0 saturated carbocycles. The summed E-state index contributed by atoms with van der Waals surface area (Å²) in [6, 6.07) is -1.09. The van der Waals surface area contributed by atoms with Crippen LogP contribution >= 0.6 is 0 Å². The van der Waals surface area contributed by atoms with E-state index >= 15 is 0 Å². The Morgan fingerprint density at radius 2 is 1.53 bits per heavy atom. The van der Waals surface area contributed by atoms with Crippen molar-refractivity contribution in [2.24, 2.45) is 11.8 Å². The van der Waals surface area contributed by atoms with Crippen LogP contribution in [0.3, 0.4) is 0 Å². The number of carboxylic acid groups (broad SMARTS) is 1. The van der Waals surface area contributed by atoms with Crippen LogP contribution in [-0.2, 0) is 14.4 Å². The van der Waals surface area contributed by atoms with Crippen molar-refractivity contribution in [1.29, 1.82) is 0 Å². The first kappa shape index (κ1) is 17.4. The summed E-state index contributed by atoms with van der Waals surface area (Å²) >= 11 is 0. The van der Waals surface area contributed by atoms with Gasteiger partial charge in [0.15, 0.2) is 0 Å². The van der Waals surface area contributed by atoms with Crippen LogP contribution < -0.4 is 10.6 Å². The lowest BCUT2D eigenvalue weighted by Gasteiger charge is -2.26. The quantitative estimate of drug-likeness (QED) is 0.637. The number of carbonyl (C=O) groups excluding carboxylic acids is 2. The van der Waals surface area contributed by atoms with Gasteiger partial charge in [0.05, 0.1) is 6.42 Å². The third kappa shape index (κ3) is 6.79. The molecule has 0 aliphatic carbocycles. The number of carbonyl (C=O) groups is 3. The molecule has 0 radical (unpaired) electrons. The van der Waals surface area contributed by atoms with E-state index in [4.69, 9.17) is 5.11 Å². The molecule has 0 aromatic heterocycles. The fourth-order valence-electron chi connectivity index (χ4n) is 1.67. The molecule has 3 N–H and O–H groups in total. The zero-order chi connectivity index (χ0) is 15.2. The lowest BCUT2D eigenvalue weighted by Crippen LogP contribution is -2.53. The number of hydrogen-bond donors (Lipinski definition) is 3. The van der Waals surface area contributed by atoms with Gasteiger partial charge in [-0.1, -0.05) is 27.7 Å².